The molecule has 0 aliphatic carbocycles. The summed E-state index contributed by atoms with van der Waals surface area (Å²) in [5, 5.41) is 5.43. The first kappa shape index (κ1) is 14.7. The van der Waals surface area contributed by atoms with E-state index in [0.717, 1.165) is 23.1 Å². The smallest absolute Gasteiger partial charge is 0.257 e. The van der Waals surface area contributed by atoms with Crippen molar-refractivity contribution in [1.82, 2.24) is 15.7 Å². The summed E-state index contributed by atoms with van der Waals surface area (Å²) in [6, 6.07) is 7.91. The van der Waals surface area contributed by atoms with E-state index in [2.05, 4.69) is 22.7 Å². The van der Waals surface area contributed by atoms with Gasteiger partial charge in [0.25, 0.3) is 5.91 Å². The number of hydrazine groups is 1. The molecule has 4 rings (SSSR count). The number of nitrogens with one attached hydrogen (secondary N) is 2. The molecule has 0 saturated carbocycles. The van der Waals surface area contributed by atoms with Crippen LogP contribution >= 0.6 is 11.3 Å². The Bertz CT molecular complexity index is 741. The maximum absolute atomic E-state index is 12.7. The zero-order chi connectivity index (χ0) is 16.0. The van der Waals surface area contributed by atoms with Crippen LogP contribution in [0, 0.1) is 5.92 Å². The van der Waals surface area contributed by atoms with E-state index in [4.69, 9.17) is 0 Å². The number of carbonyl (C=O) groups is 2. The standard InChI is InChI=1S/C16H18N4O2S/c1-2-5-9-8-11(21)13-14(17-9)19-20(15(13)22)16-18-10-6-3-4-7-12(10)23-16/h3-4,6-7,9,13-14,17,19H,2,5,8H2,1H3. The second kappa shape index (κ2) is 5.67. The van der Waals surface area contributed by atoms with Crippen LogP contribution < -0.4 is 15.8 Å². The summed E-state index contributed by atoms with van der Waals surface area (Å²) in [7, 11) is 0. The van der Waals surface area contributed by atoms with Crippen LogP contribution in [0.1, 0.15) is 26.2 Å². The molecule has 3 unspecified atom stereocenters. The molecule has 2 aliphatic rings. The monoisotopic (exact) mass is 330 g/mol. The van der Waals surface area contributed by atoms with Gasteiger partial charge in [-0.25, -0.2) is 15.4 Å². The van der Waals surface area contributed by atoms with Gasteiger partial charge < -0.3 is 0 Å². The molecule has 2 fully saturated rings. The summed E-state index contributed by atoms with van der Waals surface area (Å²) in [6.07, 6.45) is 2.05. The molecule has 2 saturated heterocycles. The first-order valence-electron chi connectivity index (χ1n) is 7.92. The number of Topliss-reactive ketones (excluding diaryl/α,β-unsaturated/α-hetero) is 1. The summed E-state index contributed by atoms with van der Waals surface area (Å²) in [4.78, 5) is 29.5. The summed E-state index contributed by atoms with van der Waals surface area (Å²) < 4.78 is 1.02. The zero-order valence-corrected chi connectivity index (χ0v) is 13.6. The molecule has 0 radical (unpaired) electrons. The Kier molecular flexibility index (Phi) is 3.63. The number of anilines is 1. The number of aromatic nitrogens is 1. The molecule has 3 atom stereocenters. The highest BCUT2D eigenvalue weighted by Gasteiger charge is 2.49. The van der Waals surface area contributed by atoms with Crippen LogP contribution in [0.3, 0.4) is 0 Å². The van der Waals surface area contributed by atoms with Crippen molar-refractivity contribution in [2.75, 3.05) is 5.01 Å². The number of ketones is 1. The van der Waals surface area contributed by atoms with E-state index in [1.54, 1.807) is 0 Å². The van der Waals surface area contributed by atoms with E-state index in [-0.39, 0.29) is 23.9 Å². The van der Waals surface area contributed by atoms with Crippen molar-refractivity contribution >= 4 is 38.4 Å². The zero-order valence-electron chi connectivity index (χ0n) is 12.8. The number of hydrogen-bond acceptors (Lipinski definition) is 6. The highest BCUT2D eigenvalue weighted by atomic mass is 32.1. The molecule has 2 N–H and O–H groups in total. The molecule has 1 aromatic carbocycles. The third-order valence-electron chi connectivity index (χ3n) is 4.41. The van der Waals surface area contributed by atoms with E-state index < -0.39 is 5.92 Å². The van der Waals surface area contributed by atoms with Gasteiger partial charge in [0, 0.05) is 12.5 Å². The van der Waals surface area contributed by atoms with Gasteiger partial charge in [-0.3, -0.25) is 14.9 Å². The highest BCUT2D eigenvalue weighted by molar-refractivity contribution is 7.22. The lowest BCUT2D eigenvalue weighted by Crippen LogP contribution is -2.55. The second-order valence-corrected chi connectivity index (χ2v) is 7.05. The Morgan fingerprint density at radius 2 is 2.17 bits per heavy atom. The van der Waals surface area contributed by atoms with E-state index in [0.29, 0.717) is 11.6 Å². The third-order valence-corrected chi connectivity index (χ3v) is 5.43. The van der Waals surface area contributed by atoms with E-state index >= 15 is 0 Å². The van der Waals surface area contributed by atoms with Gasteiger partial charge in [0.2, 0.25) is 5.13 Å². The number of rotatable bonds is 3. The normalized spacial score (nSPS) is 27.7. The minimum atomic E-state index is -0.643. The fraction of sp³-hybridized carbons (Fsp3) is 0.438. The van der Waals surface area contributed by atoms with Crippen LogP contribution in [0.5, 0.6) is 0 Å². The molecule has 120 valence electrons. The van der Waals surface area contributed by atoms with Crippen LogP contribution in [0.4, 0.5) is 5.13 Å². The number of hydrogen-bond donors (Lipinski definition) is 2. The first-order chi connectivity index (χ1) is 11.2. The molecule has 3 heterocycles. The van der Waals surface area contributed by atoms with Gasteiger partial charge in [-0.2, -0.15) is 0 Å². The average molecular weight is 330 g/mol. The Morgan fingerprint density at radius 3 is 2.96 bits per heavy atom. The molecule has 6 nitrogen and oxygen atoms in total. The van der Waals surface area contributed by atoms with Crippen molar-refractivity contribution in [3.63, 3.8) is 0 Å². The fourth-order valence-electron chi connectivity index (χ4n) is 3.34. The molecule has 1 amide bonds. The number of fused-ring (bicyclic) bond motifs is 2. The van der Waals surface area contributed by atoms with E-state index in [9.17, 15) is 9.59 Å². The number of amides is 1. The van der Waals surface area contributed by atoms with Crippen molar-refractivity contribution in [2.24, 2.45) is 5.92 Å². The van der Waals surface area contributed by atoms with Gasteiger partial charge in [-0.05, 0) is 18.6 Å². The maximum Gasteiger partial charge on any atom is 0.257 e. The van der Waals surface area contributed by atoms with Crippen molar-refractivity contribution in [3.8, 4) is 0 Å². The van der Waals surface area contributed by atoms with Crippen LogP contribution in [-0.2, 0) is 9.59 Å². The van der Waals surface area contributed by atoms with Crippen LogP contribution in [0.15, 0.2) is 24.3 Å². The summed E-state index contributed by atoms with van der Waals surface area (Å²) in [5.41, 5.74) is 4.00. The van der Waals surface area contributed by atoms with Crippen molar-refractivity contribution < 1.29 is 9.59 Å². The lowest BCUT2D eigenvalue weighted by Gasteiger charge is -2.30. The molecule has 0 spiro atoms. The van der Waals surface area contributed by atoms with E-state index in [1.807, 2.05) is 24.3 Å². The highest BCUT2D eigenvalue weighted by Crippen LogP contribution is 2.33. The lowest BCUT2D eigenvalue weighted by atomic mass is 9.89. The Labute approximate surface area is 137 Å². The number of nitrogens with zero attached hydrogens (tertiary/aromatic N) is 2. The number of benzene rings is 1. The largest absolute Gasteiger partial charge is 0.299 e. The minimum Gasteiger partial charge on any atom is -0.299 e. The number of piperidine rings is 1. The number of carbonyl (C=O) groups excluding carboxylic acids is 2. The number of thiazole rings is 1. The number of para-hydroxylation sites is 1. The van der Waals surface area contributed by atoms with Gasteiger partial charge >= 0.3 is 0 Å². The first-order valence-corrected chi connectivity index (χ1v) is 8.73. The molecule has 2 aliphatic heterocycles. The van der Waals surface area contributed by atoms with Crippen LogP contribution in [0.25, 0.3) is 10.2 Å². The summed E-state index contributed by atoms with van der Waals surface area (Å²) in [6.45, 7) is 2.10. The van der Waals surface area contributed by atoms with Gasteiger partial charge in [0.1, 0.15) is 11.7 Å². The third kappa shape index (κ3) is 2.45. The Hall–Kier alpha value is -1.83. The molecule has 2 aromatic rings. The maximum atomic E-state index is 12.7. The van der Waals surface area contributed by atoms with Gasteiger partial charge in [-0.1, -0.05) is 36.8 Å². The minimum absolute atomic E-state index is 0.0216. The predicted molar refractivity (Wildman–Crippen MR) is 89.0 cm³/mol. The second-order valence-electron chi connectivity index (χ2n) is 6.04. The molecule has 1 aromatic heterocycles. The SMILES string of the molecule is CCCC1CC(=O)C2C(=O)N(c3nc4ccccc4s3)NC2N1. The quantitative estimate of drug-likeness (QED) is 0.840. The van der Waals surface area contributed by atoms with Crippen molar-refractivity contribution in [3.05, 3.63) is 24.3 Å². The Balaban J connectivity index is 1.62. The molecular formula is C16H18N4O2S. The van der Waals surface area contributed by atoms with Crippen molar-refractivity contribution in [1.29, 1.82) is 0 Å². The fourth-order valence-corrected chi connectivity index (χ4v) is 4.28. The van der Waals surface area contributed by atoms with Crippen LogP contribution in [0.2, 0.25) is 0 Å². The molecule has 23 heavy (non-hydrogen) atoms. The topological polar surface area (TPSA) is 74.3 Å². The Morgan fingerprint density at radius 1 is 1.35 bits per heavy atom. The summed E-state index contributed by atoms with van der Waals surface area (Å²) >= 11 is 1.45. The predicted octanol–water partition coefficient (Wildman–Crippen LogP) is 1.82. The van der Waals surface area contributed by atoms with Gasteiger partial charge in [0.15, 0.2) is 0 Å². The lowest BCUT2D eigenvalue weighted by molar-refractivity contribution is -0.133. The summed E-state index contributed by atoms with van der Waals surface area (Å²) in [5.74, 6) is -0.829. The van der Waals surface area contributed by atoms with Crippen molar-refractivity contribution in [2.45, 2.75) is 38.4 Å². The molecule has 7 heteroatoms. The molecular weight excluding hydrogens is 312 g/mol. The average Bonchev–Trinajstić information content (AvgIpc) is 3.08. The van der Waals surface area contributed by atoms with Gasteiger partial charge in [-0.15, -0.1) is 0 Å². The molecule has 0 bridgehead atoms. The van der Waals surface area contributed by atoms with Gasteiger partial charge in [0.05, 0.1) is 16.4 Å². The van der Waals surface area contributed by atoms with Crippen LogP contribution in [-0.4, -0.2) is 28.9 Å². The van der Waals surface area contributed by atoms with E-state index in [1.165, 1.54) is 16.3 Å².